The fraction of sp³-hybridized carbons (Fsp3) is 0.333. The molecule has 8 nitrogen and oxygen atoms in total. The van der Waals surface area contributed by atoms with Gasteiger partial charge in [0.15, 0.2) is 5.82 Å². The van der Waals surface area contributed by atoms with E-state index in [1.165, 1.54) is 0 Å². The maximum Gasteiger partial charge on any atom is 0.319 e. The molecule has 2 aromatic heterocycles. The summed E-state index contributed by atoms with van der Waals surface area (Å²) in [5.74, 6) is 1.42. The van der Waals surface area contributed by atoms with E-state index in [1.807, 2.05) is 32.0 Å². The molecule has 23 heavy (non-hydrogen) atoms. The average Bonchev–Trinajstić information content (AvgIpc) is 3.16. The SMILES string of the molecule is CC(C)c1noc(CCNC(=O)Nc2cccc3cn[nH]c23)n1. The highest BCUT2D eigenvalue weighted by molar-refractivity contribution is 5.99. The maximum atomic E-state index is 12.0. The number of hydrogen-bond acceptors (Lipinski definition) is 5. The quantitative estimate of drug-likeness (QED) is 0.670. The minimum atomic E-state index is -0.296. The van der Waals surface area contributed by atoms with Crippen LogP contribution in [0.2, 0.25) is 0 Å². The molecule has 1 aromatic carbocycles. The first-order valence-corrected chi connectivity index (χ1v) is 7.43. The molecule has 2 heterocycles. The number of carbonyl (C=O) groups is 1. The first-order chi connectivity index (χ1) is 11.1. The molecule has 0 fully saturated rings. The van der Waals surface area contributed by atoms with Crippen LogP contribution in [0.1, 0.15) is 31.5 Å². The number of amides is 2. The summed E-state index contributed by atoms with van der Waals surface area (Å²) < 4.78 is 5.13. The van der Waals surface area contributed by atoms with Gasteiger partial charge in [-0.3, -0.25) is 5.10 Å². The van der Waals surface area contributed by atoms with E-state index in [4.69, 9.17) is 4.52 Å². The van der Waals surface area contributed by atoms with E-state index in [1.54, 1.807) is 6.20 Å². The van der Waals surface area contributed by atoms with Gasteiger partial charge >= 0.3 is 6.03 Å². The Morgan fingerprint density at radius 2 is 2.26 bits per heavy atom. The number of carbonyl (C=O) groups excluding carboxylic acids is 1. The average molecular weight is 314 g/mol. The lowest BCUT2D eigenvalue weighted by atomic mass is 10.2. The summed E-state index contributed by atoms with van der Waals surface area (Å²) in [4.78, 5) is 16.2. The summed E-state index contributed by atoms with van der Waals surface area (Å²) in [6.45, 7) is 4.40. The lowest BCUT2D eigenvalue weighted by molar-refractivity contribution is 0.252. The predicted molar refractivity (Wildman–Crippen MR) is 85.2 cm³/mol. The maximum absolute atomic E-state index is 12.0. The molecule has 0 saturated carbocycles. The van der Waals surface area contributed by atoms with Crippen molar-refractivity contribution in [1.82, 2.24) is 25.7 Å². The highest BCUT2D eigenvalue weighted by Gasteiger charge is 2.10. The second kappa shape index (κ2) is 6.47. The second-order valence-electron chi connectivity index (χ2n) is 5.47. The standard InChI is InChI=1S/C15H18N6O2/c1-9(2)14-19-12(23-21-14)6-7-16-15(22)18-11-5-3-4-10-8-17-20-13(10)11/h3-5,8-9H,6-7H2,1-2H3,(H,17,20)(H2,16,18,22). The molecule has 3 aromatic rings. The molecule has 0 aliphatic carbocycles. The highest BCUT2D eigenvalue weighted by atomic mass is 16.5. The number of aromatic nitrogens is 4. The minimum absolute atomic E-state index is 0.221. The van der Waals surface area contributed by atoms with E-state index in [0.717, 1.165) is 10.9 Å². The van der Waals surface area contributed by atoms with Crippen molar-refractivity contribution in [3.63, 3.8) is 0 Å². The van der Waals surface area contributed by atoms with Crippen molar-refractivity contribution < 1.29 is 9.32 Å². The zero-order chi connectivity index (χ0) is 16.2. The van der Waals surface area contributed by atoms with Gasteiger partial charge in [0.1, 0.15) is 0 Å². The zero-order valence-electron chi connectivity index (χ0n) is 13.0. The topological polar surface area (TPSA) is 109 Å². The van der Waals surface area contributed by atoms with Crippen LogP contribution >= 0.6 is 0 Å². The van der Waals surface area contributed by atoms with Crippen LogP contribution in [0.5, 0.6) is 0 Å². The molecule has 3 rings (SSSR count). The van der Waals surface area contributed by atoms with Gasteiger partial charge in [-0.1, -0.05) is 31.1 Å². The largest absolute Gasteiger partial charge is 0.339 e. The van der Waals surface area contributed by atoms with Gasteiger partial charge in [-0.15, -0.1) is 0 Å². The van der Waals surface area contributed by atoms with Crippen LogP contribution in [0.3, 0.4) is 0 Å². The van der Waals surface area contributed by atoms with Crippen LogP contribution in [0.4, 0.5) is 10.5 Å². The van der Waals surface area contributed by atoms with E-state index < -0.39 is 0 Å². The molecule has 120 valence electrons. The second-order valence-corrected chi connectivity index (χ2v) is 5.47. The lowest BCUT2D eigenvalue weighted by Gasteiger charge is -2.07. The molecule has 8 heteroatoms. The van der Waals surface area contributed by atoms with Gasteiger partial charge in [0.25, 0.3) is 0 Å². The lowest BCUT2D eigenvalue weighted by Crippen LogP contribution is -2.30. The Labute approximate surface area is 132 Å². The Morgan fingerprint density at radius 1 is 1.39 bits per heavy atom. The molecule has 0 atom stereocenters. The van der Waals surface area contributed by atoms with Crippen LogP contribution in [0, 0.1) is 0 Å². The van der Waals surface area contributed by atoms with Crippen LogP contribution in [0.25, 0.3) is 10.9 Å². The van der Waals surface area contributed by atoms with Gasteiger partial charge in [0, 0.05) is 24.3 Å². The van der Waals surface area contributed by atoms with Crippen molar-refractivity contribution >= 4 is 22.6 Å². The van der Waals surface area contributed by atoms with Gasteiger partial charge in [-0.25, -0.2) is 4.79 Å². The van der Waals surface area contributed by atoms with Crippen LogP contribution in [-0.2, 0) is 6.42 Å². The summed E-state index contributed by atoms with van der Waals surface area (Å²) in [5, 5.41) is 17.2. The fourth-order valence-electron chi connectivity index (χ4n) is 2.13. The van der Waals surface area contributed by atoms with Gasteiger partial charge < -0.3 is 15.2 Å². The van der Waals surface area contributed by atoms with Crippen LogP contribution < -0.4 is 10.6 Å². The van der Waals surface area contributed by atoms with Crippen molar-refractivity contribution in [3.05, 3.63) is 36.1 Å². The van der Waals surface area contributed by atoms with E-state index in [-0.39, 0.29) is 11.9 Å². The van der Waals surface area contributed by atoms with E-state index in [2.05, 4.69) is 31.0 Å². The number of benzene rings is 1. The molecule has 0 unspecified atom stereocenters. The number of hydrogen-bond donors (Lipinski definition) is 3. The number of nitrogens with zero attached hydrogens (tertiary/aromatic N) is 3. The normalized spacial score (nSPS) is 11.1. The Kier molecular flexibility index (Phi) is 4.22. The van der Waals surface area contributed by atoms with Gasteiger partial charge in [0.05, 0.1) is 17.4 Å². The van der Waals surface area contributed by atoms with E-state index >= 15 is 0 Å². The summed E-state index contributed by atoms with van der Waals surface area (Å²) in [7, 11) is 0. The monoisotopic (exact) mass is 314 g/mol. The van der Waals surface area contributed by atoms with Crippen molar-refractivity contribution in [1.29, 1.82) is 0 Å². The molecule has 0 aliphatic rings. The Hall–Kier alpha value is -2.90. The van der Waals surface area contributed by atoms with Gasteiger partial charge in [-0.2, -0.15) is 10.1 Å². The zero-order valence-corrected chi connectivity index (χ0v) is 13.0. The number of urea groups is 1. The predicted octanol–water partition coefficient (Wildman–Crippen LogP) is 2.43. The molecule has 0 saturated heterocycles. The third-order valence-corrected chi connectivity index (χ3v) is 3.35. The van der Waals surface area contributed by atoms with Crippen LogP contribution in [0.15, 0.2) is 28.9 Å². The molecular weight excluding hydrogens is 296 g/mol. The molecule has 0 aliphatic heterocycles. The number of rotatable bonds is 5. The van der Waals surface area contributed by atoms with Crippen molar-refractivity contribution in [3.8, 4) is 0 Å². The van der Waals surface area contributed by atoms with Gasteiger partial charge in [0.2, 0.25) is 5.89 Å². The number of anilines is 1. The smallest absolute Gasteiger partial charge is 0.319 e. The summed E-state index contributed by atoms with van der Waals surface area (Å²) in [5.41, 5.74) is 1.47. The molecule has 3 N–H and O–H groups in total. The third-order valence-electron chi connectivity index (χ3n) is 3.35. The first-order valence-electron chi connectivity index (χ1n) is 7.43. The third kappa shape index (κ3) is 3.47. The molecule has 0 radical (unpaired) electrons. The number of fused-ring (bicyclic) bond motifs is 1. The summed E-state index contributed by atoms with van der Waals surface area (Å²) in [6.07, 6.45) is 2.20. The fourth-order valence-corrected chi connectivity index (χ4v) is 2.13. The number of H-pyrrole nitrogens is 1. The highest BCUT2D eigenvalue weighted by Crippen LogP contribution is 2.20. The van der Waals surface area contributed by atoms with E-state index in [9.17, 15) is 4.79 Å². The molecule has 0 spiro atoms. The minimum Gasteiger partial charge on any atom is -0.339 e. The molecular formula is C15H18N6O2. The van der Waals surface area contributed by atoms with Gasteiger partial charge in [-0.05, 0) is 6.07 Å². The Balaban J connectivity index is 1.52. The Morgan fingerprint density at radius 3 is 3.04 bits per heavy atom. The molecule has 0 bridgehead atoms. The van der Waals surface area contributed by atoms with Crippen molar-refractivity contribution in [2.45, 2.75) is 26.2 Å². The van der Waals surface area contributed by atoms with Crippen molar-refractivity contribution in [2.75, 3.05) is 11.9 Å². The van der Waals surface area contributed by atoms with Crippen LogP contribution in [-0.4, -0.2) is 32.9 Å². The summed E-state index contributed by atoms with van der Waals surface area (Å²) in [6, 6.07) is 5.30. The number of para-hydroxylation sites is 1. The van der Waals surface area contributed by atoms with E-state index in [0.29, 0.717) is 30.4 Å². The molecule has 2 amide bonds. The number of nitrogens with one attached hydrogen (secondary N) is 3. The van der Waals surface area contributed by atoms with Crippen molar-refractivity contribution in [2.24, 2.45) is 0 Å². The first kappa shape index (κ1) is 15.0. The number of aromatic amines is 1. The summed E-state index contributed by atoms with van der Waals surface area (Å²) >= 11 is 0. The Bertz CT molecular complexity index is 807.